The van der Waals surface area contributed by atoms with Crippen LogP contribution in [0.2, 0.25) is 0 Å². The van der Waals surface area contributed by atoms with Gasteiger partial charge in [-0.2, -0.15) is 4.99 Å². The van der Waals surface area contributed by atoms with Gasteiger partial charge >= 0.3 is 0 Å². The predicted octanol–water partition coefficient (Wildman–Crippen LogP) is 2.38. The van der Waals surface area contributed by atoms with Gasteiger partial charge in [-0.3, -0.25) is 4.79 Å². The van der Waals surface area contributed by atoms with Crippen LogP contribution in [-0.4, -0.2) is 42.3 Å². The minimum atomic E-state index is -0.116. The second-order valence-corrected chi connectivity index (χ2v) is 6.11. The number of aryl methyl sites for hydroxylation is 1. The van der Waals surface area contributed by atoms with Crippen molar-refractivity contribution in [2.24, 2.45) is 4.99 Å². The van der Waals surface area contributed by atoms with Crippen molar-refractivity contribution in [1.82, 2.24) is 4.90 Å². The number of nitrogens with zero attached hydrogens (tertiary/aromatic N) is 2. The Morgan fingerprint density at radius 3 is 2.86 bits per heavy atom. The number of amides is 1. The molecule has 0 N–H and O–H groups in total. The zero-order chi connectivity index (χ0) is 14.7. The molecule has 2 heterocycles. The first-order chi connectivity index (χ1) is 10.2. The summed E-state index contributed by atoms with van der Waals surface area (Å²) in [4.78, 5) is 19.0. The van der Waals surface area contributed by atoms with Crippen molar-refractivity contribution in [3.05, 3.63) is 46.4 Å². The Morgan fingerprint density at radius 1 is 1.33 bits per heavy atom. The molecule has 5 heteroatoms. The maximum Gasteiger partial charge on any atom is 0.285 e. The van der Waals surface area contributed by atoms with E-state index >= 15 is 0 Å². The zero-order valence-corrected chi connectivity index (χ0v) is 12.9. The summed E-state index contributed by atoms with van der Waals surface area (Å²) in [6, 6.07) is 8.24. The van der Waals surface area contributed by atoms with Gasteiger partial charge in [-0.15, -0.1) is 0 Å². The Kier molecular flexibility index (Phi) is 4.41. The second-order valence-electron chi connectivity index (χ2n) is 5.10. The average molecular weight is 302 g/mol. The second kappa shape index (κ2) is 6.45. The van der Waals surface area contributed by atoms with Crippen LogP contribution in [0.1, 0.15) is 11.1 Å². The topological polar surface area (TPSA) is 41.9 Å². The lowest BCUT2D eigenvalue weighted by atomic mass is 10.1. The molecular weight excluding hydrogens is 284 g/mol. The van der Waals surface area contributed by atoms with E-state index < -0.39 is 0 Å². The van der Waals surface area contributed by atoms with Gasteiger partial charge < -0.3 is 9.64 Å². The van der Waals surface area contributed by atoms with Crippen molar-refractivity contribution >= 4 is 22.8 Å². The summed E-state index contributed by atoms with van der Waals surface area (Å²) in [5.74, 6) is -0.116. The van der Waals surface area contributed by atoms with Gasteiger partial charge in [0.25, 0.3) is 5.91 Å². The Hall–Kier alpha value is -1.59. The van der Waals surface area contributed by atoms with E-state index in [0.717, 1.165) is 29.6 Å². The molecule has 0 aliphatic carbocycles. The molecule has 1 aromatic rings. The molecule has 1 aromatic carbocycles. The van der Waals surface area contributed by atoms with Crippen molar-refractivity contribution in [3.63, 3.8) is 0 Å². The number of carbonyl (C=O) groups excluding carboxylic acids is 1. The normalized spacial score (nSPS) is 21.0. The molecule has 1 fully saturated rings. The van der Waals surface area contributed by atoms with E-state index in [1.165, 1.54) is 22.9 Å². The van der Waals surface area contributed by atoms with Crippen LogP contribution < -0.4 is 0 Å². The van der Waals surface area contributed by atoms with Crippen molar-refractivity contribution in [2.75, 3.05) is 26.3 Å². The molecule has 2 aliphatic rings. The number of ether oxygens (including phenoxy) is 1. The lowest BCUT2D eigenvalue weighted by Gasteiger charge is -2.27. The van der Waals surface area contributed by atoms with Crippen molar-refractivity contribution in [2.45, 2.75) is 13.3 Å². The number of rotatable bonds is 2. The van der Waals surface area contributed by atoms with Gasteiger partial charge in [0.1, 0.15) is 0 Å². The largest absolute Gasteiger partial charge is 0.378 e. The molecule has 21 heavy (non-hydrogen) atoms. The predicted molar refractivity (Wildman–Crippen MR) is 85.4 cm³/mol. The summed E-state index contributed by atoms with van der Waals surface area (Å²) >= 11 is 1.48. The summed E-state index contributed by atoms with van der Waals surface area (Å²) in [7, 11) is 0. The first-order valence-electron chi connectivity index (χ1n) is 7.12. The van der Waals surface area contributed by atoms with Gasteiger partial charge in [-0.25, -0.2) is 0 Å². The smallest absolute Gasteiger partial charge is 0.285 e. The van der Waals surface area contributed by atoms with E-state index in [0.29, 0.717) is 13.2 Å². The number of aliphatic imine (C=N–C) groups is 1. The van der Waals surface area contributed by atoms with Gasteiger partial charge in [-0.1, -0.05) is 30.3 Å². The molecule has 1 amide bonds. The van der Waals surface area contributed by atoms with E-state index in [4.69, 9.17) is 4.74 Å². The maximum atomic E-state index is 12.0. The Balaban J connectivity index is 1.67. The lowest BCUT2D eigenvalue weighted by molar-refractivity contribution is -0.113. The fourth-order valence-electron chi connectivity index (χ4n) is 2.37. The molecule has 0 unspecified atom stereocenters. The van der Waals surface area contributed by atoms with Gasteiger partial charge in [0.05, 0.1) is 18.1 Å². The summed E-state index contributed by atoms with van der Waals surface area (Å²) < 4.78 is 5.33. The van der Waals surface area contributed by atoms with Gasteiger partial charge in [0.2, 0.25) is 0 Å². The number of morpholine rings is 1. The Bertz CT molecular complexity index is 604. The number of thioether (sulfide) groups is 1. The number of hydrogen-bond donors (Lipinski definition) is 0. The summed E-state index contributed by atoms with van der Waals surface area (Å²) in [5, 5.41) is 0.819. The molecule has 0 saturated carbocycles. The molecule has 0 radical (unpaired) electrons. The Labute approximate surface area is 128 Å². The zero-order valence-electron chi connectivity index (χ0n) is 12.0. The summed E-state index contributed by atoms with van der Waals surface area (Å²) in [6.07, 6.45) is 2.76. The molecule has 0 spiro atoms. The summed E-state index contributed by atoms with van der Waals surface area (Å²) in [6.45, 7) is 5.12. The van der Waals surface area contributed by atoms with Crippen molar-refractivity contribution < 1.29 is 9.53 Å². The molecule has 0 atom stereocenters. The number of allylic oxidation sites excluding steroid dienone is 1. The SMILES string of the molecule is Cc1ccccc1CC=C1SC(N2CCOCC2)=NC1=O. The fourth-order valence-corrected chi connectivity index (χ4v) is 3.30. The molecule has 0 bridgehead atoms. The van der Waals surface area contributed by atoms with Crippen LogP contribution in [-0.2, 0) is 16.0 Å². The van der Waals surface area contributed by atoms with E-state index in [1.54, 1.807) is 0 Å². The number of hydrogen-bond acceptors (Lipinski definition) is 4. The number of amidine groups is 1. The highest BCUT2D eigenvalue weighted by atomic mass is 32.2. The molecule has 110 valence electrons. The van der Waals surface area contributed by atoms with Crippen LogP contribution in [0, 0.1) is 6.92 Å². The van der Waals surface area contributed by atoms with Crippen molar-refractivity contribution in [1.29, 1.82) is 0 Å². The molecular formula is C16H18N2O2S. The minimum Gasteiger partial charge on any atom is -0.378 e. The maximum absolute atomic E-state index is 12.0. The highest BCUT2D eigenvalue weighted by Crippen LogP contribution is 2.29. The van der Waals surface area contributed by atoms with Crippen LogP contribution in [0.4, 0.5) is 0 Å². The Morgan fingerprint density at radius 2 is 2.10 bits per heavy atom. The van der Waals surface area contributed by atoms with E-state index in [-0.39, 0.29) is 5.91 Å². The molecule has 1 saturated heterocycles. The summed E-state index contributed by atoms with van der Waals surface area (Å²) in [5.41, 5.74) is 2.50. The van der Waals surface area contributed by atoms with E-state index in [1.807, 2.05) is 18.2 Å². The number of carbonyl (C=O) groups is 1. The van der Waals surface area contributed by atoms with E-state index in [2.05, 4.69) is 28.9 Å². The van der Waals surface area contributed by atoms with Crippen LogP contribution in [0.15, 0.2) is 40.2 Å². The number of benzene rings is 1. The first kappa shape index (κ1) is 14.4. The molecule has 2 aliphatic heterocycles. The highest BCUT2D eigenvalue weighted by molar-refractivity contribution is 8.18. The third-order valence-electron chi connectivity index (χ3n) is 3.66. The van der Waals surface area contributed by atoms with E-state index in [9.17, 15) is 4.79 Å². The van der Waals surface area contributed by atoms with Crippen LogP contribution in [0.25, 0.3) is 0 Å². The minimum absolute atomic E-state index is 0.116. The van der Waals surface area contributed by atoms with Crippen LogP contribution in [0.5, 0.6) is 0 Å². The van der Waals surface area contributed by atoms with Crippen molar-refractivity contribution in [3.8, 4) is 0 Å². The quantitative estimate of drug-likeness (QED) is 0.787. The van der Waals surface area contributed by atoms with Crippen LogP contribution >= 0.6 is 11.8 Å². The standard InChI is InChI=1S/C16H18N2O2S/c1-12-4-2-3-5-13(12)6-7-14-15(19)17-16(21-14)18-8-10-20-11-9-18/h2-5,7H,6,8-11H2,1H3. The van der Waals surface area contributed by atoms with Gasteiger partial charge in [0, 0.05) is 13.1 Å². The molecule has 3 rings (SSSR count). The lowest BCUT2D eigenvalue weighted by Crippen LogP contribution is -2.38. The monoisotopic (exact) mass is 302 g/mol. The third kappa shape index (κ3) is 3.36. The van der Waals surface area contributed by atoms with Gasteiger partial charge in [0.15, 0.2) is 5.17 Å². The molecule has 4 nitrogen and oxygen atoms in total. The van der Waals surface area contributed by atoms with Gasteiger partial charge in [-0.05, 0) is 36.2 Å². The average Bonchev–Trinajstić information content (AvgIpc) is 2.89. The third-order valence-corrected chi connectivity index (χ3v) is 4.75. The first-order valence-corrected chi connectivity index (χ1v) is 7.94. The highest BCUT2D eigenvalue weighted by Gasteiger charge is 2.26. The van der Waals surface area contributed by atoms with Crippen LogP contribution in [0.3, 0.4) is 0 Å². The fraction of sp³-hybridized carbons (Fsp3) is 0.375. The molecule has 0 aromatic heterocycles.